The number of rotatable bonds is 5. The van der Waals surface area contributed by atoms with Gasteiger partial charge in [0.05, 0.1) is 7.11 Å². The molecule has 1 aromatic carbocycles. The van der Waals surface area contributed by atoms with Crippen LogP contribution in [0.4, 0.5) is 0 Å². The molecule has 5 nitrogen and oxygen atoms in total. The molecule has 0 radical (unpaired) electrons. The minimum absolute atomic E-state index is 0.0150. The van der Waals surface area contributed by atoms with Crippen LogP contribution in [0.25, 0.3) is 0 Å². The molecule has 0 heterocycles. The topological polar surface area (TPSA) is 81.4 Å². The molecule has 2 atom stereocenters. The van der Waals surface area contributed by atoms with Crippen molar-refractivity contribution >= 4 is 10.0 Å². The van der Waals surface area contributed by atoms with Crippen LogP contribution in [-0.2, 0) is 16.6 Å². The summed E-state index contributed by atoms with van der Waals surface area (Å²) in [5, 5.41) is 0. The van der Waals surface area contributed by atoms with Crippen LogP contribution in [0.15, 0.2) is 23.1 Å². The Hall–Kier alpha value is -1.11. The summed E-state index contributed by atoms with van der Waals surface area (Å²) < 4.78 is 33.0. The van der Waals surface area contributed by atoms with Gasteiger partial charge in [-0.05, 0) is 42.9 Å². The minimum atomic E-state index is -3.57. The lowest BCUT2D eigenvalue weighted by atomic mass is 10.1. The monoisotopic (exact) mass is 298 g/mol. The van der Waals surface area contributed by atoms with Crippen LogP contribution in [-0.4, -0.2) is 21.6 Å². The summed E-state index contributed by atoms with van der Waals surface area (Å²) in [6.45, 7) is 2.44. The molecule has 112 valence electrons. The molecule has 2 unspecified atom stereocenters. The molecule has 0 aliphatic heterocycles. The zero-order valence-electron chi connectivity index (χ0n) is 11.9. The van der Waals surface area contributed by atoms with Gasteiger partial charge < -0.3 is 10.5 Å². The minimum Gasteiger partial charge on any atom is -0.495 e. The fraction of sp³-hybridized carbons (Fsp3) is 0.571. The molecular weight excluding hydrogens is 276 g/mol. The maximum atomic E-state index is 12.5. The van der Waals surface area contributed by atoms with E-state index in [4.69, 9.17) is 10.5 Å². The molecule has 3 N–H and O–H groups in total. The zero-order valence-corrected chi connectivity index (χ0v) is 12.7. The smallest absolute Gasteiger partial charge is 0.244 e. The van der Waals surface area contributed by atoms with Gasteiger partial charge in [-0.3, -0.25) is 0 Å². The Bertz CT molecular complexity index is 572. The van der Waals surface area contributed by atoms with Gasteiger partial charge in [0.15, 0.2) is 0 Å². The van der Waals surface area contributed by atoms with Gasteiger partial charge >= 0.3 is 0 Å². The Balaban J connectivity index is 2.28. The second-order valence-corrected chi connectivity index (χ2v) is 7.11. The van der Waals surface area contributed by atoms with Crippen molar-refractivity contribution in [2.24, 2.45) is 11.7 Å². The van der Waals surface area contributed by atoms with E-state index in [1.54, 1.807) is 18.2 Å². The second kappa shape index (κ2) is 6.11. The highest BCUT2D eigenvalue weighted by Gasteiger charge is 2.28. The van der Waals surface area contributed by atoms with E-state index in [9.17, 15) is 8.42 Å². The molecule has 0 spiro atoms. The summed E-state index contributed by atoms with van der Waals surface area (Å²) in [6, 6.07) is 5.02. The van der Waals surface area contributed by atoms with Crippen molar-refractivity contribution in [3.8, 4) is 5.75 Å². The molecule has 1 fully saturated rings. The van der Waals surface area contributed by atoms with E-state index in [0.717, 1.165) is 24.8 Å². The van der Waals surface area contributed by atoms with Crippen LogP contribution in [0.3, 0.4) is 0 Å². The third-order valence-electron chi connectivity index (χ3n) is 3.77. The van der Waals surface area contributed by atoms with Crippen molar-refractivity contribution in [1.29, 1.82) is 0 Å². The Morgan fingerprint density at radius 3 is 2.70 bits per heavy atom. The van der Waals surface area contributed by atoms with Crippen molar-refractivity contribution in [1.82, 2.24) is 4.72 Å². The molecular formula is C14H22N2O3S. The number of nitrogens with two attached hydrogens (primary N) is 1. The van der Waals surface area contributed by atoms with E-state index < -0.39 is 10.0 Å². The first-order valence-electron chi connectivity index (χ1n) is 6.85. The highest BCUT2D eigenvalue weighted by molar-refractivity contribution is 7.89. The first-order valence-corrected chi connectivity index (χ1v) is 8.34. The average molecular weight is 298 g/mol. The molecule has 0 aromatic heterocycles. The number of nitrogens with one attached hydrogen (secondary N) is 1. The summed E-state index contributed by atoms with van der Waals surface area (Å²) in [4.78, 5) is 0.169. The van der Waals surface area contributed by atoms with Crippen LogP contribution in [0.2, 0.25) is 0 Å². The molecule has 1 aliphatic carbocycles. The summed E-state index contributed by atoms with van der Waals surface area (Å²) >= 11 is 0. The molecule has 1 aliphatic rings. The van der Waals surface area contributed by atoms with E-state index in [1.807, 2.05) is 0 Å². The van der Waals surface area contributed by atoms with Crippen molar-refractivity contribution < 1.29 is 13.2 Å². The quantitative estimate of drug-likeness (QED) is 0.865. The molecule has 0 amide bonds. The van der Waals surface area contributed by atoms with E-state index in [2.05, 4.69) is 11.6 Å². The largest absolute Gasteiger partial charge is 0.495 e. The molecule has 6 heteroatoms. The van der Waals surface area contributed by atoms with E-state index >= 15 is 0 Å². The molecule has 0 bridgehead atoms. The number of hydrogen-bond donors (Lipinski definition) is 2. The lowest BCUT2D eigenvalue weighted by Crippen LogP contribution is -2.33. The van der Waals surface area contributed by atoms with Crippen molar-refractivity contribution in [3.63, 3.8) is 0 Å². The van der Waals surface area contributed by atoms with Crippen LogP contribution < -0.4 is 15.2 Å². The van der Waals surface area contributed by atoms with Crippen LogP contribution >= 0.6 is 0 Å². The van der Waals surface area contributed by atoms with Gasteiger partial charge in [-0.2, -0.15) is 0 Å². The maximum Gasteiger partial charge on any atom is 0.244 e. The molecule has 0 saturated heterocycles. The van der Waals surface area contributed by atoms with E-state index in [1.165, 1.54) is 7.11 Å². The Morgan fingerprint density at radius 1 is 1.40 bits per heavy atom. The van der Waals surface area contributed by atoms with Crippen LogP contribution in [0, 0.1) is 5.92 Å². The average Bonchev–Trinajstić information content (AvgIpc) is 2.82. The van der Waals surface area contributed by atoms with Crippen LogP contribution in [0.5, 0.6) is 5.75 Å². The molecule has 20 heavy (non-hydrogen) atoms. The number of ether oxygens (including phenoxy) is 1. The van der Waals surface area contributed by atoms with Crippen LogP contribution in [0.1, 0.15) is 31.7 Å². The van der Waals surface area contributed by atoms with E-state index in [-0.39, 0.29) is 10.9 Å². The standard InChI is InChI=1S/C14H22N2O3S/c1-10-3-5-12(7-10)16-20(17,18)14-8-11(9-15)4-6-13(14)19-2/h4,6,8,10,12,16H,3,5,7,9,15H2,1-2H3. The lowest BCUT2D eigenvalue weighted by molar-refractivity contribution is 0.401. The normalized spacial score (nSPS) is 22.9. The highest BCUT2D eigenvalue weighted by Crippen LogP contribution is 2.29. The fourth-order valence-electron chi connectivity index (χ4n) is 2.66. The van der Waals surface area contributed by atoms with Crippen molar-refractivity contribution in [2.75, 3.05) is 7.11 Å². The predicted octanol–water partition coefficient (Wildman–Crippen LogP) is 1.62. The molecule has 1 saturated carbocycles. The number of methoxy groups -OCH3 is 1. The Morgan fingerprint density at radius 2 is 2.15 bits per heavy atom. The zero-order chi connectivity index (χ0) is 14.8. The molecule has 2 rings (SSSR count). The second-order valence-electron chi connectivity index (χ2n) is 5.43. The third-order valence-corrected chi connectivity index (χ3v) is 5.31. The van der Waals surface area contributed by atoms with Crippen molar-refractivity contribution in [2.45, 2.75) is 43.7 Å². The SMILES string of the molecule is COc1ccc(CN)cc1S(=O)(=O)NC1CCC(C)C1. The Kier molecular flexibility index (Phi) is 4.67. The maximum absolute atomic E-state index is 12.5. The van der Waals surface area contributed by atoms with Gasteiger partial charge in [-0.15, -0.1) is 0 Å². The third kappa shape index (κ3) is 3.31. The predicted molar refractivity (Wildman–Crippen MR) is 78.0 cm³/mol. The van der Waals surface area contributed by atoms with E-state index in [0.29, 0.717) is 18.2 Å². The Labute approximate surface area is 120 Å². The highest BCUT2D eigenvalue weighted by atomic mass is 32.2. The van der Waals surface area contributed by atoms with Gasteiger partial charge in [0.25, 0.3) is 0 Å². The fourth-order valence-corrected chi connectivity index (χ4v) is 4.16. The summed E-state index contributed by atoms with van der Waals surface area (Å²) in [5.41, 5.74) is 6.35. The van der Waals surface area contributed by atoms with Gasteiger partial charge in [0.2, 0.25) is 10.0 Å². The molecule has 1 aromatic rings. The van der Waals surface area contributed by atoms with Crippen molar-refractivity contribution in [3.05, 3.63) is 23.8 Å². The first kappa shape index (κ1) is 15.3. The van der Waals surface area contributed by atoms with Gasteiger partial charge in [-0.25, -0.2) is 13.1 Å². The first-order chi connectivity index (χ1) is 9.46. The number of sulfonamides is 1. The lowest BCUT2D eigenvalue weighted by Gasteiger charge is -2.15. The summed E-state index contributed by atoms with van der Waals surface area (Å²) in [7, 11) is -2.11. The van der Waals surface area contributed by atoms with Gasteiger partial charge in [-0.1, -0.05) is 13.0 Å². The van der Waals surface area contributed by atoms with Gasteiger partial charge in [0, 0.05) is 12.6 Å². The number of hydrogen-bond acceptors (Lipinski definition) is 4. The summed E-state index contributed by atoms with van der Waals surface area (Å²) in [5.74, 6) is 0.917. The summed E-state index contributed by atoms with van der Waals surface area (Å²) in [6.07, 6.45) is 2.84. The number of benzene rings is 1. The van der Waals surface area contributed by atoms with Gasteiger partial charge in [0.1, 0.15) is 10.6 Å².